The van der Waals surface area contributed by atoms with Gasteiger partial charge >= 0.3 is 0 Å². The van der Waals surface area contributed by atoms with Crippen LogP contribution in [0.15, 0.2) is 0 Å². The lowest BCUT2D eigenvalue weighted by molar-refractivity contribution is 0.314. The van der Waals surface area contributed by atoms with Crippen LogP contribution in [-0.4, -0.2) is 14.9 Å². The van der Waals surface area contributed by atoms with Crippen molar-refractivity contribution < 1.29 is 4.43 Å². The fourth-order valence-corrected chi connectivity index (χ4v) is 5.57. The van der Waals surface area contributed by atoms with E-state index < -0.39 is 8.32 Å². The van der Waals surface area contributed by atoms with Gasteiger partial charge in [0.2, 0.25) is 8.32 Å². The molecule has 0 heterocycles. The van der Waals surface area contributed by atoms with Crippen molar-refractivity contribution >= 4 is 8.32 Å². The highest BCUT2D eigenvalue weighted by Crippen LogP contribution is 2.32. The Labute approximate surface area is 83.0 Å². The van der Waals surface area contributed by atoms with Crippen molar-refractivity contribution in [3.05, 3.63) is 0 Å². The Morgan fingerprint density at radius 2 is 1.77 bits per heavy atom. The Balaban J connectivity index is 4.62. The van der Waals surface area contributed by atoms with Gasteiger partial charge in [-0.25, -0.2) is 0 Å². The van der Waals surface area contributed by atoms with Gasteiger partial charge in [-0.15, -0.1) is 0 Å². The highest BCUT2D eigenvalue weighted by atomic mass is 28.4. The smallest absolute Gasteiger partial charge is 0.209 e. The lowest BCUT2D eigenvalue weighted by Gasteiger charge is -2.32. The summed E-state index contributed by atoms with van der Waals surface area (Å²) in [4.78, 5) is 0. The largest absolute Gasteiger partial charge is 0.416 e. The van der Waals surface area contributed by atoms with Crippen molar-refractivity contribution in [2.75, 3.05) is 6.61 Å². The van der Waals surface area contributed by atoms with E-state index in [2.05, 4.69) is 26.8 Å². The summed E-state index contributed by atoms with van der Waals surface area (Å²) in [5.41, 5.74) is 0.169. The Kier molecular flexibility index (Phi) is 6.01. The summed E-state index contributed by atoms with van der Waals surface area (Å²) >= 11 is 0. The van der Waals surface area contributed by atoms with Crippen molar-refractivity contribution in [1.29, 1.82) is 5.26 Å². The average Bonchev–Trinajstić information content (AvgIpc) is 2.18. The summed E-state index contributed by atoms with van der Waals surface area (Å²) in [7, 11) is -1.73. The fraction of sp³-hybridized carbons (Fsp3) is 0.900. The van der Waals surface area contributed by atoms with Crippen molar-refractivity contribution in [1.82, 2.24) is 0 Å². The van der Waals surface area contributed by atoms with E-state index in [4.69, 9.17) is 9.69 Å². The molecule has 0 bridgehead atoms. The van der Waals surface area contributed by atoms with Crippen molar-refractivity contribution in [3.63, 3.8) is 0 Å². The molecule has 0 spiro atoms. The minimum absolute atomic E-state index is 0.169. The number of nitriles is 1. The van der Waals surface area contributed by atoms with Crippen LogP contribution in [-0.2, 0) is 4.43 Å². The van der Waals surface area contributed by atoms with Crippen LogP contribution in [0, 0.1) is 11.3 Å². The molecule has 0 amide bonds. The monoisotopic (exact) mass is 199 g/mol. The second-order valence-corrected chi connectivity index (χ2v) is 7.82. The maximum atomic E-state index is 9.06. The first-order valence-electron chi connectivity index (χ1n) is 5.24. The molecule has 1 atom stereocenters. The summed E-state index contributed by atoms with van der Waals surface area (Å²) in [5.74, 6) is 0. The summed E-state index contributed by atoms with van der Waals surface area (Å²) < 4.78 is 5.89. The molecule has 0 radical (unpaired) electrons. The highest BCUT2D eigenvalue weighted by molar-refractivity contribution is 6.75. The molecule has 0 aromatic heterocycles. The van der Waals surface area contributed by atoms with Crippen LogP contribution in [0.5, 0.6) is 0 Å². The van der Waals surface area contributed by atoms with E-state index in [1.165, 1.54) is 0 Å². The number of rotatable bonds is 6. The van der Waals surface area contributed by atoms with Crippen LogP contribution in [0.3, 0.4) is 0 Å². The van der Waals surface area contributed by atoms with Gasteiger partial charge in [0.25, 0.3) is 0 Å². The standard InChI is InChI=1S/C10H21NOSi/c1-5-10(9-11)13(7-3,8-4)12-6-2/h10H,5-8H2,1-4H3. The third-order valence-corrected chi connectivity index (χ3v) is 7.89. The Hall–Kier alpha value is -0.333. The topological polar surface area (TPSA) is 33.0 Å². The first-order chi connectivity index (χ1) is 6.20. The molecule has 0 aliphatic rings. The van der Waals surface area contributed by atoms with Crippen LogP contribution in [0.25, 0.3) is 0 Å². The molecule has 3 heteroatoms. The SMILES string of the molecule is CCO[Si](CC)(CC)C(C#N)CC. The maximum absolute atomic E-state index is 9.06. The molecule has 0 aromatic rings. The zero-order chi connectivity index (χ0) is 10.3. The predicted molar refractivity (Wildman–Crippen MR) is 58.0 cm³/mol. The van der Waals surface area contributed by atoms with Gasteiger partial charge in [-0.2, -0.15) is 5.26 Å². The van der Waals surface area contributed by atoms with E-state index in [1.807, 2.05) is 6.92 Å². The van der Waals surface area contributed by atoms with E-state index in [0.29, 0.717) is 0 Å². The minimum Gasteiger partial charge on any atom is -0.416 e. The normalized spacial score (nSPS) is 13.8. The van der Waals surface area contributed by atoms with Gasteiger partial charge in [0.05, 0.1) is 11.6 Å². The first kappa shape index (κ1) is 12.7. The van der Waals surface area contributed by atoms with E-state index in [9.17, 15) is 0 Å². The Morgan fingerprint density at radius 1 is 1.23 bits per heavy atom. The lowest BCUT2D eigenvalue weighted by atomic mass is 10.4. The number of nitrogens with zero attached hydrogens (tertiary/aromatic N) is 1. The van der Waals surface area contributed by atoms with Crippen LogP contribution < -0.4 is 0 Å². The van der Waals surface area contributed by atoms with Gasteiger partial charge in [0.1, 0.15) is 0 Å². The van der Waals surface area contributed by atoms with Crippen molar-refractivity contribution in [3.8, 4) is 6.07 Å². The second-order valence-electron chi connectivity index (χ2n) is 3.29. The summed E-state index contributed by atoms with van der Waals surface area (Å²) in [5, 5.41) is 9.06. The van der Waals surface area contributed by atoms with Gasteiger partial charge in [0, 0.05) is 6.61 Å². The summed E-state index contributed by atoms with van der Waals surface area (Å²) in [6.45, 7) is 9.18. The van der Waals surface area contributed by atoms with E-state index in [0.717, 1.165) is 25.1 Å². The molecule has 13 heavy (non-hydrogen) atoms. The van der Waals surface area contributed by atoms with Gasteiger partial charge in [0.15, 0.2) is 0 Å². The third kappa shape index (κ3) is 2.82. The molecular formula is C10H21NOSi. The highest BCUT2D eigenvalue weighted by Gasteiger charge is 2.39. The van der Waals surface area contributed by atoms with Crippen molar-refractivity contribution in [2.24, 2.45) is 0 Å². The summed E-state index contributed by atoms with van der Waals surface area (Å²) in [6, 6.07) is 4.53. The predicted octanol–water partition coefficient (Wildman–Crippen LogP) is 3.31. The molecule has 2 nitrogen and oxygen atoms in total. The molecule has 0 aromatic carbocycles. The Morgan fingerprint density at radius 3 is 2.00 bits per heavy atom. The molecule has 0 aliphatic heterocycles. The lowest BCUT2D eigenvalue weighted by Crippen LogP contribution is -2.41. The quantitative estimate of drug-likeness (QED) is 0.615. The average molecular weight is 199 g/mol. The van der Waals surface area contributed by atoms with Crippen LogP contribution >= 0.6 is 0 Å². The van der Waals surface area contributed by atoms with Crippen LogP contribution in [0.4, 0.5) is 0 Å². The zero-order valence-electron chi connectivity index (χ0n) is 9.26. The summed E-state index contributed by atoms with van der Waals surface area (Å²) in [6.07, 6.45) is 0.935. The van der Waals surface area contributed by atoms with Gasteiger partial charge in [-0.05, 0) is 25.4 Å². The zero-order valence-corrected chi connectivity index (χ0v) is 10.3. The number of hydrogen-bond donors (Lipinski definition) is 0. The maximum Gasteiger partial charge on any atom is 0.209 e. The molecular weight excluding hydrogens is 178 g/mol. The molecule has 0 saturated heterocycles. The fourth-order valence-electron chi connectivity index (χ4n) is 1.92. The van der Waals surface area contributed by atoms with Gasteiger partial charge in [-0.1, -0.05) is 20.8 Å². The van der Waals surface area contributed by atoms with Gasteiger partial charge in [-0.3, -0.25) is 0 Å². The molecule has 1 unspecified atom stereocenters. The third-order valence-electron chi connectivity index (χ3n) is 2.83. The molecule has 0 saturated carbocycles. The van der Waals surface area contributed by atoms with E-state index >= 15 is 0 Å². The van der Waals surface area contributed by atoms with Crippen LogP contribution in [0.1, 0.15) is 34.1 Å². The van der Waals surface area contributed by atoms with Crippen LogP contribution in [0.2, 0.25) is 17.6 Å². The molecule has 0 N–H and O–H groups in total. The minimum atomic E-state index is -1.73. The van der Waals surface area contributed by atoms with E-state index in [-0.39, 0.29) is 5.54 Å². The molecule has 0 fully saturated rings. The number of hydrogen-bond acceptors (Lipinski definition) is 2. The van der Waals surface area contributed by atoms with Crippen molar-refractivity contribution in [2.45, 2.75) is 51.7 Å². The van der Waals surface area contributed by atoms with E-state index in [1.54, 1.807) is 0 Å². The second kappa shape index (κ2) is 6.17. The first-order valence-corrected chi connectivity index (χ1v) is 7.64. The molecule has 0 rings (SSSR count). The Bertz CT molecular complexity index is 172. The molecule has 76 valence electrons. The molecule has 0 aliphatic carbocycles. The van der Waals surface area contributed by atoms with Gasteiger partial charge < -0.3 is 4.43 Å².